The lowest BCUT2D eigenvalue weighted by atomic mass is 9.80. The van der Waals surface area contributed by atoms with Crippen LogP contribution in [0.1, 0.15) is 25.0 Å². The lowest BCUT2D eigenvalue weighted by Crippen LogP contribution is -2.15. The molecule has 1 aliphatic rings. The fourth-order valence-electron chi connectivity index (χ4n) is 10.8. The zero-order valence-corrected chi connectivity index (χ0v) is 35.3. The largest absolute Gasteiger partial charge is 0.0616 e. The molecule has 294 valence electrons. The Morgan fingerprint density at radius 1 is 0.238 bits per heavy atom. The first-order valence-corrected chi connectivity index (χ1v) is 22.1. The number of benzene rings is 12. The predicted octanol–water partition coefficient (Wildman–Crippen LogP) is 17.5. The molecule has 0 aliphatic heterocycles. The maximum atomic E-state index is 2.44. The molecule has 12 aromatic rings. The second-order valence-corrected chi connectivity index (χ2v) is 18.1. The summed E-state index contributed by atoms with van der Waals surface area (Å²) in [5, 5.41) is 13.0. The van der Waals surface area contributed by atoms with Crippen LogP contribution in [0.3, 0.4) is 0 Å². The Morgan fingerprint density at radius 3 is 1.29 bits per heavy atom. The highest BCUT2D eigenvalue weighted by Gasteiger charge is 2.36. The van der Waals surface area contributed by atoms with Crippen molar-refractivity contribution < 1.29 is 0 Å². The Morgan fingerprint density at radius 2 is 0.619 bits per heavy atom. The van der Waals surface area contributed by atoms with Crippen LogP contribution in [0.15, 0.2) is 218 Å². The number of hydrogen-bond acceptors (Lipinski definition) is 0. The lowest BCUT2D eigenvalue weighted by molar-refractivity contribution is 0.661. The molecule has 0 nitrogen and oxygen atoms in total. The highest BCUT2D eigenvalue weighted by atomic mass is 14.4. The summed E-state index contributed by atoms with van der Waals surface area (Å²) in [6.07, 6.45) is 0. The van der Waals surface area contributed by atoms with Crippen molar-refractivity contribution in [1.82, 2.24) is 0 Å². The molecular weight excluding hydrogens is 757 g/mol. The minimum Gasteiger partial charge on any atom is -0.0616 e. The van der Waals surface area contributed by atoms with E-state index < -0.39 is 0 Å². The average molecular weight is 799 g/mol. The smallest absolute Gasteiger partial charge is 0.0159 e. The molecule has 13 rings (SSSR count). The fraction of sp³-hybridized carbons (Fsp3) is 0.0476. The molecule has 0 aromatic heterocycles. The van der Waals surface area contributed by atoms with Crippen molar-refractivity contribution in [2.45, 2.75) is 19.3 Å². The van der Waals surface area contributed by atoms with Gasteiger partial charge in [0, 0.05) is 5.41 Å². The van der Waals surface area contributed by atoms with Gasteiger partial charge in [-0.05, 0) is 168 Å². The summed E-state index contributed by atoms with van der Waals surface area (Å²) in [6.45, 7) is 4.77. The molecule has 1 aliphatic carbocycles. The van der Waals surface area contributed by atoms with E-state index in [1.165, 1.54) is 132 Å². The van der Waals surface area contributed by atoms with Crippen molar-refractivity contribution in [2.24, 2.45) is 0 Å². The van der Waals surface area contributed by atoms with E-state index in [9.17, 15) is 0 Å². The van der Waals surface area contributed by atoms with Crippen LogP contribution in [-0.4, -0.2) is 0 Å². The van der Waals surface area contributed by atoms with Gasteiger partial charge in [-0.1, -0.05) is 196 Å². The van der Waals surface area contributed by atoms with Crippen molar-refractivity contribution in [3.8, 4) is 66.8 Å². The van der Waals surface area contributed by atoms with E-state index in [2.05, 4.69) is 232 Å². The molecule has 12 aromatic carbocycles. The minimum atomic E-state index is -0.133. The molecule has 0 fully saturated rings. The van der Waals surface area contributed by atoms with E-state index in [1.54, 1.807) is 0 Å². The van der Waals surface area contributed by atoms with Crippen molar-refractivity contribution in [1.29, 1.82) is 0 Å². The van der Waals surface area contributed by atoms with Crippen LogP contribution in [0.2, 0.25) is 0 Å². The molecule has 0 N–H and O–H groups in total. The van der Waals surface area contributed by atoms with Crippen LogP contribution in [0.4, 0.5) is 0 Å². The molecule has 0 atom stereocenters. The Labute approximate surface area is 367 Å². The Bertz CT molecular complexity index is 3790. The summed E-state index contributed by atoms with van der Waals surface area (Å²) in [6, 6.07) is 81.7. The molecular formula is C63H42. The van der Waals surface area contributed by atoms with Crippen LogP contribution >= 0.6 is 0 Å². The summed E-state index contributed by atoms with van der Waals surface area (Å²) < 4.78 is 0. The molecule has 0 heteroatoms. The second kappa shape index (κ2) is 13.6. The molecule has 0 radical (unpaired) electrons. The predicted molar refractivity (Wildman–Crippen MR) is 270 cm³/mol. The lowest BCUT2D eigenvalue weighted by Gasteiger charge is -2.22. The van der Waals surface area contributed by atoms with Gasteiger partial charge in [0.25, 0.3) is 0 Å². The fourth-order valence-corrected chi connectivity index (χ4v) is 10.8. The highest BCUT2D eigenvalue weighted by Crippen LogP contribution is 2.51. The standard InChI is InChI=1S/C63H42/c1-63(2)59-37-52(41-15-13-40(14-16-41)46-11-6-12-47(33-46)48-20-17-39-7-3-4-8-45(39)34-48)27-30-56(59)57-31-28-53(38-60(57)63)50-21-22-51-36-54(24-23-49(51)35-50)55-29-25-44-19-18-42-9-5-10-43-26-32-58(55)62(44)61(42)43/h3-38H,1-2H3. The van der Waals surface area contributed by atoms with E-state index in [0.29, 0.717) is 0 Å². The van der Waals surface area contributed by atoms with Gasteiger partial charge in [-0.25, -0.2) is 0 Å². The second-order valence-electron chi connectivity index (χ2n) is 18.1. The van der Waals surface area contributed by atoms with Gasteiger partial charge in [0.05, 0.1) is 0 Å². The third-order valence-electron chi connectivity index (χ3n) is 14.2. The van der Waals surface area contributed by atoms with Crippen LogP contribution in [0.5, 0.6) is 0 Å². The Hall–Kier alpha value is -7.80. The molecule has 0 unspecified atom stereocenters. The van der Waals surface area contributed by atoms with E-state index >= 15 is 0 Å². The van der Waals surface area contributed by atoms with Gasteiger partial charge >= 0.3 is 0 Å². The van der Waals surface area contributed by atoms with Crippen LogP contribution in [0.25, 0.3) is 121 Å². The van der Waals surface area contributed by atoms with Gasteiger partial charge in [-0.2, -0.15) is 0 Å². The topological polar surface area (TPSA) is 0 Å². The van der Waals surface area contributed by atoms with E-state index in [1.807, 2.05) is 0 Å². The van der Waals surface area contributed by atoms with Crippen molar-refractivity contribution in [3.05, 3.63) is 230 Å². The first kappa shape index (κ1) is 35.9. The average Bonchev–Trinajstić information content (AvgIpc) is 3.57. The van der Waals surface area contributed by atoms with Gasteiger partial charge in [0.2, 0.25) is 0 Å². The van der Waals surface area contributed by atoms with E-state index in [0.717, 1.165) is 0 Å². The maximum absolute atomic E-state index is 2.44. The molecule has 0 spiro atoms. The van der Waals surface area contributed by atoms with Gasteiger partial charge in [0.15, 0.2) is 0 Å². The van der Waals surface area contributed by atoms with E-state index in [4.69, 9.17) is 0 Å². The Kier molecular flexibility index (Phi) is 7.75. The quantitative estimate of drug-likeness (QED) is 0.152. The van der Waals surface area contributed by atoms with Crippen molar-refractivity contribution in [2.75, 3.05) is 0 Å². The molecule has 0 bridgehead atoms. The SMILES string of the molecule is CC1(C)c2cc(-c3ccc(-c4cccc(-c5ccc6ccccc6c5)c4)cc3)ccc2-c2ccc(-c3ccc4cc(-c5ccc6ccc7cccc8ccc5c6c78)ccc4c3)cc21. The molecule has 0 heterocycles. The Balaban J connectivity index is 0.781. The van der Waals surface area contributed by atoms with Gasteiger partial charge in [0.1, 0.15) is 0 Å². The first-order chi connectivity index (χ1) is 30.9. The van der Waals surface area contributed by atoms with Crippen LogP contribution in [0, 0.1) is 0 Å². The van der Waals surface area contributed by atoms with Gasteiger partial charge in [-0.15, -0.1) is 0 Å². The molecule has 63 heavy (non-hydrogen) atoms. The monoisotopic (exact) mass is 798 g/mol. The van der Waals surface area contributed by atoms with E-state index in [-0.39, 0.29) is 5.41 Å². The van der Waals surface area contributed by atoms with Gasteiger partial charge in [-0.3, -0.25) is 0 Å². The normalized spacial score (nSPS) is 13.0. The summed E-state index contributed by atoms with van der Waals surface area (Å²) in [7, 11) is 0. The van der Waals surface area contributed by atoms with Crippen molar-refractivity contribution in [3.63, 3.8) is 0 Å². The zero-order valence-electron chi connectivity index (χ0n) is 35.3. The molecule has 0 saturated carbocycles. The van der Waals surface area contributed by atoms with Gasteiger partial charge < -0.3 is 0 Å². The molecule has 0 saturated heterocycles. The first-order valence-electron chi connectivity index (χ1n) is 22.1. The van der Waals surface area contributed by atoms with Crippen LogP contribution in [-0.2, 0) is 5.41 Å². The summed E-state index contributed by atoms with van der Waals surface area (Å²) in [4.78, 5) is 0. The maximum Gasteiger partial charge on any atom is 0.0159 e. The number of rotatable bonds is 5. The van der Waals surface area contributed by atoms with Crippen LogP contribution < -0.4 is 0 Å². The zero-order chi connectivity index (χ0) is 41.8. The number of hydrogen-bond donors (Lipinski definition) is 0. The third-order valence-corrected chi connectivity index (χ3v) is 14.2. The minimum absolute atomic E-state index is 0.133. The summed E-state index contributed by atoms with van der Waals surface area (Å²) >= 11 is 0. The van der Waals surface area contributed by atoms with Crippen molar-refractivity contribution >= 4 is 53.9 Å². The number of fused-ring (bicyclic) bond motifs is 5. The summed E-state index contributed by atoms with van der Waals surface area (Å²) in [5.41, 5.74) is 17.8. The summed E-state index contributed by atoms with van der Waals surface area (Å²) in [5.74, 6) is 0. The third kappa shape index (κ3) is 5.68. The molecule has 0 amide bonds. The highest BCUT2D eigenvalue weighted by molar-refractivity contribution is 6.25.